The van der Waals surface area contributed by atoms with Crippen molar-refractivity contribution in [2.24, 2.45) is 0 Å². The third kappa shape index (κ3) is 6.03. The first-order chi connectivity index (χ1) is 11.1. The maximum absolute atomic E-state index is 11.8. The van der Waals surface area contributed by atoms with Gasteiger partial charge in [0.15, 0.2) is 10.9 Å². The molecule has 0 spiro atoms. The number of pyridine rings is 1. The number of unbranched alkanes of at least 4 members (excludes halogenated alkanes) is 2. The van der Waals surface area contributed by atoms with Crippen LogP contribution in [0.4, 0.5) is 16.6 Å². The molecule has 0 unspecified atom stereocenters. The molecule has 0 radical (unpaired) electrons. The second-order valence-corrected chi connectivity index (χ2v) is 5.83. The minimum absolute atomic E-state index is 0.0503. The second kappa shape index (κ2) is 8.84. The molecule has 0 aliphatic heterocycles. The Labute approximate surface area is 138 Å². The largest absolute Gasteiger partial charge is 0.396 e. The summed E-state index contributed by atoms with van der Waals surface area (Å²) in [7, 11) is 0. The van der Waals surface area contributed by atoms with Gasteiger partial charge in [-0.25, -0.2) is 9.97 Å². The van der Waals surface area contributed by atoms with Crippen LogP contribution in [-0.4, -0.2) is 21.8 Å². The molecule has 0 saturated carbocycles. The lowest BCUT2D eigenvalue weighted by Gasteiger charge is -2.06. The Hall–Kier alpha value is -2.48. The van der Waals surface area contributed by atoms with Crippen LogP contribution in [0.2, 0.25) is 0 Å². The lowest BCUT2D eigenvalue weighted by molar-refractivity contribution is -0.116. The Bertz CT molecular complexity index is 645. The van der Waals surface area contributed by atoms with Crippen LogP contribution < -0.4 is 16.4 Å². The summed E-state index contributed by atoms with van der Waals surface area (Å²) < 4.78 is 0. The molecule has 4 N–H and O–H groups in total. The molecular weight excluding hydrogens is 314 g/mol. The van der Waals surface area contributed by atoms with Crippen molar-refractivity contribution < 1.29 is 9.59 Å². The molecule has 23 heavy (non-hydrogen) atoms. The van der Waals surface area contributed by atoms with E-state index < -0.39 is 0 Å². The molecule has 0 bridgehead atoms. The average Bonchev–Trinajstić information content (AvgIpc) is 3.02. The molecule has 0 aliphatic carbocycles. The topological polar surface area (TPSA) is 110 Å². The molecule has 0 fully saturated rings. The minimum Gasteiger partial charge on any atom is -0.396 e. The third-order valence-corrected chi connectivity index (χ3v) is 3.77. The van der Waals surface area contributed by atoms with Crippen LogP contribution in [0.5, 0.6) is 0 Å². The molecular formula is C15H19N5O2S. The van der Waals surface area contributed by atoms with Crippen molar-refractivity contribution in [1.82, 2.24) is 9.97 Å². The third-order valence-electron chi connectivity index (χ3n) is 3.08. The quantitative estimate of drug-likeness (QED) is 0.643. The van der Waals surface area contributed by atoms with Crippen LogP contribution in [0.25, 0.3) is 0 Å². The molecule has 0 saturated heterocycles. The smallest absolute Gasteiger partial charge is 0.226 e. The van der Waals surface area contributed by atoms with Crippen LogP contribution in [0.1, 0.15) is 32.1 Å². The van der Waals surface area contributed by atoms with Gasteiger partial charge in [0.05, 0.1) is 5.69 Å². The van der Waals surface area contributed by atoms with E-state index >= 15 is 0 Å². The molecule has 2 heterocycles. The van der Waals surface area contributed by atoms with Gasteiger partial charge in [0.2, 0.25) is 11.8 Å². The van der Waals surface area contributed by atoms with E-state index in [1.54, 1.807) is 24.5 Å². The zero-order valence-corrected chi connectivity index (χ0v) is 13.4. The van der Waals surface area contributed by atoms with Crippen molar-refractivity contribution in [1.29, 1.82) is 0 Å². The van der Waals surface area contributed by atoms with Crippen molar-refractivity contribution in [2.75, 3.05) is 16.4 Å². The number of anilines is 3. The highest BCUT2D eigenvalue weighted by Gasteiger charge is 2.07. The number of amides is 2. The summed E-state index contributed by atoms with van der Waals surface area (Å²) in [6.45, 7) is 0. The Balaban J connectivity index is 1.57. The molecule has 2 amide bonds. The number of carbonyl (C=O) groups excluding carboxylic acids is 2. The van der Waals surface area contributed by atoms with Gasteiger partial charge in [-0.3, -0.25) is 9.59 Å². The number of hydrogen-bond acceptors (Lipinski definition) is 6. The lowest BCUT2D eigenvalue weighted by atomic mass is 10.1. The van der Waals surface area contributed by atoms with Gasteiger partial charge in [0.25, 0.3) is 0 Å². The van der Waals surface area contributed by atoms with Crippen molar-refractivity contribution in [3.8, 4) is 0 Å². The summed E-state index contributed by atoms with van der Waals surface area (Å²) in [5.41, 5.74) is 6.15. The van der Waals surface area contributed by atoms with E-state index in [4.69, 9.17) is 5.73 Å². The van der Waals surface area contributed by atoms with E-state index in [9.17, 15) is 9.59 Å². The maximum Gasteiger partial charge on any atom is 0.226 e. The summed E-state index contributed by atoms with van der Waals surface area (Å²) in [4.78, 5) is 31.4. The highest BCUT2D eigenvalue weighted by molar-refractivity contribution is 7.13. The molecule has 2 aromatic rings. The van der Waals surface area contributed by atoms with Gasteiger partial charge in [-0.1, -0.05) is 6.42 Å². The summed E-state index contributed by atoms with van der Waals surface area (Å²) in [5, 5.41) is 7.83. The van der Waals surface area contributed by atoms with E-state index in [-0.39, 0.29) is 11.8 Å². The fraction of sp³-hybridized carbons (Fsp3) is 0.333. The predicted octanol–water partition coefficient (Wildman–Crippen LogP) is 2.65. The zero-order valence-electron chi connectivity index (χ0n) is 12.6. The Morgan fingerprint density at radius 2 is 1.78 bits per heavy atom. The fourth-order valence-electron chi connectivity index (χ4n) is 1.93. The standard InChI is InChI=1S/C15H19N5O2S/c16-11-5-4-8-17-14(11)19-12(21)6-2-1-3-7-13(22)20-15-18-9-10-23-15/h4-5,8-10H,1-3,6-7,16H2,(H,17,19,21)(H,18,20,22). The van der Waals surface area contributed by atoms with Gasteiger partial charge in [0, 0.05) is 30.6 Å². The first-order valence-electron chi connectivity index (χ1n) is 7.35. The Morgan fingerprint density at radius 1 is 1.04 bits per heavy atom. The number of thiazole rings is 1. The first kappa shape index (κ1) is 16.9. The number of nitrogen functional groups attached to an aromatic ring is 1. The van der Waals surface area contributed by atoms with Gasteiger partial charge in [-0.05, 0) is 25.0 Å². The van der Waals surface area contributed by atoms with E-state index in [0.29, 0.717) is 35.9 Å². The van der Waals surface area contributed by atoms with Crippen molar-refractivity contribution >= 4 is 39.8 Å². The van der Waals surface area contributed by atoms with E-state index in [1.165, 1.54) is 11.3 Å². The van der Waals surface area contributed by atoms with Gasteiger partial charge < -0.3 is 16.4 Å². The van der Waals surface area contributed by atoms with Gasteiger partial charge >= 0.3 is 0 Å². The fourth-order valence-corrected chi connectivity index (χ4v) is 2.48. The van der Waals surface area contributed by atoms with Crippen LogP contribution >= 0.6 is 11.3 Å². The van der Waals surface area contributed by atoms with Crippen molar-refractivity contribution in [3.63, 3.8) is 0 Å². The molecule has 7 nitrogen and oxygen atoms in total. The number of rotatable bonds is 8. The average molecular weight is 333 g/mol. The highest BCUT2D eigenvalue weighted by Crippen LogP contribution is 2.14. The normalized spacial score (nSPS) is 10.3. The molecule has 0 atom stereocenters. The Kier molecular flexibility index (Phi) is 6.49. The number of nitrogens with zero attached hydrogens (tertiary/aromatic N) is 2. The van der Waals surface area contributed by atoms with Crippen LogP contribution in [-0.2, 0) is 9.59 Å². The van der Waals surface area contributed by atoms with Gasteiger partial charge in [-0.15, -0.1) is 11.3 Å². The predicted molar refractivity (Wildman–Crippen MR) is 91.1 cm³/mol. The number of nitrogens with two attached hydrogens (primary N) is 1. The maximum atomic E-state index is 11.8. The molecule has 2 aromatic heterocycles. The molecule has 8 heteroatoms. The molecule has 2 rings (SSSR count). The van der Waals surface area contributed by atoms with Gasteiger partial charge in [-0.2, -0.15) is 0 Å². The van der Waals surface area contributed by atoms with Crippen LogP contribution in [0, 0.1) is 0 Å². The summed E-state index contributed by atoms with van der Waals surface area (Å²) >= 11 is 1.39. The SMILES string of the molecule is Nc1cccnc1NC(=O)CCCCCC(=O)Nc1nccs1. The summed E-state index contributed by atoms with van der Waals surface area (Å²) in [6, 6.07) is 3.39. The van der Waals surface area contributed by atoms with Crippen LogP contribution in [0.15, 0.2) is 29.9 Å². The van der Waals surface area contributed by atoms with E-state index in [1.807, 2.05) is 5.38 Å². The highest BCUT2D eigenvalue weighted by atomic mass is 32.1. The number of aromatic nitrogens is 2. The Morgan fingerprint density at radius 3 is 2.43 bits per heavy atom. The number of nitrogens with one attached hydrogen (secondary N) is 2. The van der Waals surface area contributed by atoms with Gasteiger partial charge in [0.1, 0.15) is 0 Å². The second-order valence-electron chi connectivity index (χ2n) is 4.94. The van der Waals surface area contributed by atoms with Crippen molar-refractivity contribution in [3.05, 3.63) is 29.9 Å². The summed E-state index contributed by atoms with van der Waals surface area (Å²) in [6.07, 6.45) is 6.27. The lowest BCUT2D eigenvalue weighted by Crippen LogP contribution is -2.14. The molecule has 0 aliphatic rings. The first-order valence-corrected chi connectivity index (χ1v) is 8.23. The number of carbonyl (C=O) groups is 2. The summed E-state index contributed by atoms with van der Waals surface area (Å²) in [5.74, 6) is 0.216. The minimum atomic E-state index is -0.123. The monoisotopic (exact) mass is 333 g/mol. The molecule has 0 aromatic carbocycles. The van der Waals surface area contributed by atoms with E-state index in [0.717, 1.165) is 12.8 Å². The van der Waals surface area contributed by atoms with E-state index in [2.05, 4.69) is 20.6 Å². The number of hydrogen-bond donors (Lipinski definition) is 3. The molecule has 122 valence electrons. The van der Waals surface area contributed by atoms with Crippen LogP contribution in [0.3, 0.4) is 0 Å². The van der Waals surface area contributed by atoms with Crippen molar-refractivity contribution in [2.45, 2.75) is 32.1 Å². The zero-order chi connectivity index (χ0) is 16.5.